The number of ether oxygens (including phenoxy) is 1. The molecule has 42 heavy (non-hydrogen) atoms. The number of esters is 1. The Morgan fingerprint density at radius 3 is 2.36 bits per heavy atom. The lowest BCUT2D eigenvalue weighted by atomic mass is 9.32. The molecule has 0 amide bonds. The Hall–Kier alpha value is -1.87. The highest BCUT2D eigenvalue weighted by atomic mass is 16.5. The van der Waals surface area contributed by atoms with E-state index in [1.54, 1.807) is 6.08 Å². The summed E-state index contributed by atoms with van der Waals surface area (Å²) in [4.78, 5) is 12.9. The minimum absolute atomic E-state index is 0.0108. The van der Waals surface area contributed by atoms with Gasteiger partial charge in [0.15, 0.2) is 0 Å². The molecule has 1 N–H and O–H groups in total. The van der Waals surface area contributed by atoms with Crippen molar-refractivity contribution in [3.8, 4) is 0 Å². The number of fused-ring (bicyclic) bond motifs is 7. The van der Waals surface area contributed by atoms with Crippen molar-refractivity contribution >= 4 is 12.0 Å². The Kier molecular flexibility index (Phi) is 7.44. The van der Waals surface area contributed by atoms with Gasteiger partial charge in [0.1, 0.15) is 0 Å². The van der Waals surface area contributed by atoms with Gasteiger partial charge in [-0.15, -0.1) is 0 Å². The number of hydrogen-bond donors (Lipinski definition) is 1. The highest BCUT2D eigenvalue weighted by molar-refractivity contribution is 5.87. The van der Waals surface area contributed by atoms with Crippen molar-refractivity contribution in [1.29, 1.82) is 0 Å². The van der Waals surface area contributed by atoms with Crippen LogP contribution in [0.3, 0.4) is 0 Å². The van der Waals surface area contributed by atoms with Crippen molar-refractivity contribution in [2.75, 3.05) is 6.61 Å². The second-order valence-electron chi connectivity index (χ2n) is 16.8. The molecule has 3 heteroatoms. The van der Waals surface area contributed by atoms with Crippen LogP contribution in [0, 0.1) is 56.7 Å². The third kappa shape index (κ3) is 4.33. The van der Waals surface area contributed by atoms with Gasteiger partial charge in [-0.1, -0.05) is 77.1 Å². The van der Waals surface area contributed by atoms with Crippen molar-refractivity contribution in [1.82, 2.24) is 0 Å². The van der Waals surface area contributed by atoms with Crippen LogP contribution in [0.5, 0.6) is 0 Å². The number of carbonyl (C=O) groups is 1. The van der Waals surface area contributed by atoms with Crippen molar-refractivity contribution < 1.29 is 14.6 Å². The summed E-state index contributed by atoms with van der Waals surface area (Å²) in [7, 11) is 0. The quantitative estimate of drug-likeness (QED) is 0.217. The molecule has 0 heterocycles. The molecule has 0 aliphatic heterocycles. The van der Waals surface area contributed by atoms with Crippen LogP contribution in [0.25, 0.3) is 6.08 Å². The van der Waals surface area contributed by atoms with Crippen molar-refractivity contribution in [3.05, 3.63) is 54.1 Å². The molecule has 1 aromatic carbocycles. The summed E-state index contributed by atoms with van der Waals surface area (Å²) >= 11 is 0. The first-order valence-electron chi connectivity index (χ1n) is 17.0. The van der Waals surface area contributed by atoms with Gasteiger partial charge < -0.3 is 9.84 Å². The van der Waals surface area contributed by atoms with Gasteiger partial charge in [-0.3, -0.25) is 0 Å². The third-order valence-corrected chi connectivity index (χ3v) is 14.9. The van der Waals surface area contributed by atoms with Crippen LogP contribution in [0.2, 0.25) is 0 Å². The fraction of sp³-hybridized carbons (Fsp3) is 0.718. The summed E-state index contributed by atoms with van der Waals surface area (Å²) in [5.41, 5.74) is 3.26. The molecule has 3 nitrogen and oxygen atoms in total. The van der Waals surface area contributed by atoms with Gasteiger partial charge in [0.2, 0.25) is 0 Å². The summed E-state index contributed by atoms with van der Waals surface area (Å²) in [6.45, 7) is 20.0. The van der Waals surface area contributed by atoms with E-state index in [2.05, 4.69) is 48.1 Å². The second kappa shape index (κ2) is 10.4. The summed E-state index contributed by atoms with van der Waals surface area (Å²) < 4.78 is 6.12. The SMILES string of the molecule is C=C(C)[C@@H]1CCC2(COC(=O)/C=C/c3ccccc3)CC[C@]3(C)C(CCC4C3(C)CCC3C(C)(C)C(O)CC[C@@]34C)C12. The van der Waals surface area contributed by atoms with E-state index >= 15 is 0 Å². The van der Waals surface area contributed by atoms with Gasteiger partial charge in [-0.2, -0.15) is 0 Å². The minimum Gasteiger partial charge on any atom is -0.462 e. The number of aliphatic hydroxyl groups is 1. The second-order valence-corrected chi connectivity index (χ2v) is 16.8. The molecule has 5 aliphatic rings. The first-order chi connectivity index (χ1) is 19.8. The van der Waals surface area contributed by atoms with Crippen LogP contribution in [-0.4, -0.2) is 23.8 Å². The molecule has 0 bridgehead atoms. The van der Waals surface area contributed by atoms with E-state index in [0.717, 1.165) is 31.2 Å². The lowest BCUT2D eigenvalue weighted by molar-refractivity contribution is -0.249. The Morgan fingerprint density at radius 1 is 0.905 bits per heavy atom. The Labute approximate surface area is 255 Å². The molecule has 0 radical (unpaired) electrons. The van der Waals surface area contributed by atoms with Gasteiger partial charge in [-0.05, 0) is 134 Å². The van der Waals surface area contributed by atoms with E-state index in [9.17, 15) is 9.90 Å². The first-order valence-corrected chi connectivity index (χ1v) is 17.0. The molecule has 10 atom stereocenters. The molecular weight excluding hydrogens is 516 g/mol. The normalized spacial score (nSPS) is 45.8. The molecule has 7 unspecified atom stereocenters. The van der Waals surface area contributed by atoms with Crippen molar-refractivity contribution in [3.63, 3.8) is 0 Å². The molecule has 0 aromatic heterocycles. The van der Waals surface area contributed by atoms with Gasteiger partial charge in [0.25, 0.3) is 0 Å². The zero-order chi connectivity index (χ0) is 30.1. The summed E-state index contributed by atoms with van der Waals surface area (Å²) in [6.07, 6.45) is 15.2. The van der Waals surface area contributed by atoms with Crippen LogP contribution in [0.15, 0.2) is 48.6 Å². The highest BCUT2D eigenvalue weighted by Crippen LogP contribution is 2.77. The molecule has 5 fully saturated rings. The van der Waals surface area contributed by atoms with Crippen LogP contribution < -0.4 is 0 Å². The lowest BCUT2D eigenvalue weighted by Crippen LogP contribution is -2.66. The van der Waals surface area contributed by atoms with Crippen LogP contribution in [0.1, 0.15) is 111 Å². The van der Waals surface area contributed by atoms with Crippen molar-refractivity contribution in [2.45, 2.75) is 112 Å². The predicted molar refractivity (Wildman–Crippen MR) is 171 cm³/mol. The zero-order valence-electron chi connectivity index (χ0n) is 27.3. The summed E-state index contributed by atoms with van der Waals surface area (Å²) in [5, 5.41) is 11.0. The van der Waals surface area contributed by atoms with E-state index in [1.165, 1.54) is 44.1 Å². The van der Waals surface area contributed by atoms with Crippen LogP contribution in [-0.2, 0) is 9.53 Å². The maximum atomic E-state index is 12.9. The molecule has 5 saturated carbocycles. The van der Waals surface area contributed by atoms with E-state index in [-0.39, 0.29) is 28.3 Å². The summed E-state index contributed by atoms with van der Waals surface area (Å²) in [6, 6.07) is 9.99. The molecule has 230 valence electrons. The van der Waals surface area contributed by atoms with Gasteiger partial charge >= 0.3 is 5.97 Å². The molecule has 1 aromatic rings. The molecular formula is C39H56O3. The number of hydrogen-bond acceptors (Lipinski definition) is 3. The topological polar surface area (TPSA) is 46.5 Å². The Bertz CT molecular complexity index is 1230. The fourth-order valence-corrected chi connectivity index (χ4v) is 12.5. The smallest absolute Gasteiger partial charge is 0.330 e. The highest BCUT2D eigenvalue weighted by Gasteiger charge is 2.70. The van der Waals surface area contributed by atoms with Gasteiger partial charge in [0, 0.05) is 11.5 Å². The first kappa shape index (κ1) is 30.2. The van der Waals surface area contributed by atoms with Crippen LogP contribution in [0.4, 0.5) is 0 Å². The lowest BCUT2D eigenvalue weighted by Gasteiger charge is -2.73. The van der Waals surface area contributed by atoms with E-state index in [0.29, 0.717) is 47.0 Å². The fourth-order valence-electron chi connectivity index (χ4n) is 12.5. The predicted octanol–water partition coefficient (Wildman–Crippen LogP) is 9.26. The number of carbonyl (C=O) groups excluding carboxylic acids is 1. The summed E-state index contributed by atoms with van der Waals surface area (Å²) in [5.74, 6) is 2.76. The minimum atomic E-state index is -0.219. The maximum absolute atomic E-state index is 12.9. The molecule has 0 saturated heterocycles. The Morgan fingerprint density at radius 2 is 1.64 bits per heavy atom. The third-order valence-electron chi connectivity index (χ3n) is 14.9. The van der Waals surface area contributed by atoms with E-state index in [1.807, 2.05) is 36.4 Å². The number of rotatable bonds is 5. The molecule has 6 rings (SSSR count). The largest absolute Gasteiger partial charge is 0.462 e. The molecule has 5 aliphatic carbocycles. The zero-order valence-corrected chi connectivity index (χ0v) is 27.3. The van der Waals surface area contributed by atoms with Gasteiger partial charge in [-0.25, -0.2) is 4.79 Å². The maximum Gasteiger partial charge on any atom is 0.330 e. The van der Waals surface area contributed by atoms with Gasteiger partial charge in [0.05, 0.1) is 12.7 Å². The monoisotopic (exact) mass is 572 g/mol. The Balaban J connectivity index is 1.27. The van der Waals surface area contributed by atoms with E-state index < -0.39 is 0 Å². The number of aliphatic hydroxyl groups excluding tert-OH is 1. The van der Waals surface area contributed by atoms with E-state index in [4.69, 9.17) is 4.74 Å². The average Bonchev–Trinajstić information content (AvgIpc) is 3.34. The van der Waals surface area contributed by atoms with Crippen LogP contribution >= 0.6 is 0 Å². The number of allylic oxidation sites excluding steroid dienone is 1. The average molecular weight is 573 g/mol. The standard InChI is InChI=1S/C39H56O3/c1-26(2)28-17-22-39(25-42-33(41)16-13-27-11-9-8-10-12-27)24-23-37(6)29(34(28)39)14-15-31-36(5)20-19-32(40)35(3,4)30(36)18-21-38(31,37)7/h8-13,16,28-32,34,40H,1,14-15,17-25H2,2-7H3/b16-13+/t28-,29?,30?,31?,32?,34?,36-,37+,38?,39?/m0/s1. The molecule has 0 spiro atoms. The number of benzene rings is 1. The van der Waals surface area contributed by atoms with Crippen molar-refractivity contribution in [2.24, 2.45) is 56.7 Å².